The molecule has 0 spiro atoms. The first-order valence-corrected chi connectivity index (χ1v) is 7.32. The fraction of sp³-hybridized carbons (Fsp3) is 0.600. The van der Waals surface area contributed by atoms with Crippen LogP contribution < -0.4 is 0 Å². The molecule has 114 valence electrons. The van der Waals surface area contributed by atoms with Gasteiger partial charge in [-0.05, 0) is 26.7 Å². The molecule has 2 heterocycles. The quantitative estimate of drug-likeness (QED) is 0.839. The van der Waals surface area contributed by atoms with Gasteiger partial charge < -0.3 is 9.80 Å². The van der Waals surface area contributed by atoms with E-state index >= 15 is 0 Å². The summed E-state index contributed by atoms with van der Waals surface area (Å²) in [6.07, 6.45) is 5.96. The highest BCUT2D eigenvalue weighted by atomic mass is 16.2. The van der Waals surface area contributed by atoms with Crippen molar-refractivity contribution in [2.45, 2.75) is 32.7 Å². The molecule has 0 unspecified atom stereocenters. The van der Waals surface area contributed by atoms with Crippen LogP contribution in [0, 0.1) is 5.92 Å². The van der Waals surface area contributed by atoms with Crippen LogP contribution in [-0.4, -0.2) is 57.8 Å². The number of carbonyl (C=O) groups is 2. The molecule has 6 nitrogen and oxygen atoms in total. The molecule has 6 heteroatoms. The molecule has 0 aromatic carbocycles. The number of nitrogens with zero attached hydrogens (tertiary/aromatic N) is 4. The Balaban J connectivity index is 1.92. The van der Waals surface area contributed by atoms with Crippen molar-refractivity contribution in [2.24, 2.45) is 5.92 Å². The lowest BCUT2D eigenvalue weighted by molar-refractivity contribution is -0.137. The maximum absolute atomic E-state index is 12.3. The van der Waals surface area contributed by atoms with Crippen LogP contribution in [0.2, 0.25) is 0 Å². The van der Waals surface area contributed by atoms with E-state index in [1.807, 2.05) is 20.9 Å². The second-order valence-electron chi connectivity index (χ2n) is 5.70. The predicted octanol–water partition coefficient (Wildman–Crippen LogP) is 1.20. The summed E-state index contributed by atoms with van der Waals surface area (Å²) < 4.78 is 0. The van der Waals surface area contributed by atoms with Crippen molar-refractivity contribution in [3.8, 4) is 0 Å². The zero-order valence-corrected chi connectivity index (χ0v) is 12.8. The first-order valence-electron chi connectivity index (χ1n) is 7.32. The Labute approximate surface area is 125 Å². The summed E-state index contributed by atoms with van der Waals surface area (Å²) in [5.41, 5.74) is 0.363. The first-order chi connectivity index (χ1) is 10.0. The third-order valence-electron chi connectivity index (χ3n) is 4.04. The molecule has 2 rings (SSSR count). The van der Waals surface area contributed by atoms with Crippen molar-refractivity contribution in [3.05, 3.63) is 24.3 Å². The van der Waals surface area contributed by atoms with Crippen molar-refractivity contribution in [1.82, 2.24) is 19.8 Å². The standard InChI is InChI=1S/C15H22N4O2/c1-11(2)18(3)14(20)12-4-8-19(9-5-12)15(21)13-10-16-6-7-17-13/h6-7,10-12H,4-5,8-9H2,1-3H3. The highest BCUT2D eigenvalue weighted by Gasteiger charge is 2.30. The molecule has 1 aromatic rings. The molecular weight excluding hydrogens is 268 g/mol. The van der Waals surface area contributed by atoms with Crippen molar-refractivity contribution in [2.75, 3.05) is 20.1 Å². The molecule has 1 aliphatic heterocycles. The number of hydrogen-bond acceptors (Lipinski definition) is 4. The molecule has 1 aromatic heterocycles. The van der Waals surface area contributed by atoms with Gasteiger partial charge in [0.2, 0.25) is 5.91 Å². The monoisotopic (exact) mass is 290 g/mol. The van der Waals surface area contributed by atoms with Gasteiger partial charge in [-0.25, -0.2) is 4.98 Å². The largest absolute Gasteiger partial charge is 0.343 e. The summed E-state index contributed by atoms with van der Waals surface area (Å²) in [4.78, 5) is 36.0. The second-order valence-corrected chi connectivity index (χ2v) is 5.70. The Morgan fingerprint density at radius 2 is 1.95 bits per heavy atom. The van der Waals surface area contributed by atoms with E-state index in [0.29, 0.717) is 31.6 Å². The van der Waals surface area contributed by atoms with Crippen LogP contribution in [-0.2, 0) is 4.79 Å². The molecule has 0 atom stereocenters. The highest BCUT2D eigenvalue weighted by Crippen LogP contribution is 2.21. The van der Waals surface area contributed by atoms with E-state index < -0.39 is 0 Å². The molecule has 0 saturated carbocycles. The number of rotatable bonds is 3. The van der Waals surface area contributed by atoms with Crippen molar-refractivity contribution in [1.29, 1.82) is 0 Å². The molecule has 1 saturated heterocycles. The van der Waals surface area contributed by atoms with Crippen LogP contribution in [0.1, 0.15) is 37.2 Å². The van der Waals surface area contributed by atoms with Gasteiger partial charge in [-0.3, -0.25) is 14.6 Å². The Bertz CT molecular complexity index is 496. The topological polar surface area (TPSA) is 66.4 Å². The third-order valence-corrected chi connectivity index (χ3v) is 4.04. The van der Waals surface area contributed by atoms with Gasteiger partial charge in [0.25, 0.3) is 5.91 Å². The number of aromatic nitrogens is 2. The number of piperidine rings is 1. The summed E-state index contributed by atoms with van der Waals surface area (Å²) >= 11 is 0. The van der Waals surface area contributed by atoms with Crippen LogP contribution in [0.5, 0.6) is 0 Å². The maximum Gasteiger partial charge on any atom is 0.274 e. The Morgan fingerprint density at radius 3 is 2.48 bits per heavy atom. The lowest BCUT2D eigenvalue weighted by Crippen LogP contribution is -2.45. The van der Waals surface area contributed by atoms with Gasteiger partial charge in [0.1, 0.15) is 5.69 Å². The minimum absolute atomic E-state index is 0.0170. The molecule has 1 fully saturated rings. The Morgan fingerprint density at radius 1 is 1.29 bits per heavy atom. The molecule has 0 aliphatic carbocycles. The van der Waals surface area contributed by atoms with E-state index in [2.05, 4.69) is 9.97 Å². The lowest BCUT2D eigenvalue weighted by atomic mass is 9.95. The van der Waals surface area contributed by atoms with Crippen LogP contribution >= 0.6 is 0 Å². The Hall–Kier alpha value is -1.98. The van der Waals surface area contributed by atoms with Crippen LogP contribution in [0.25, 0.3) is 0 Å². The minimum Gasteiger partial charge on any atom is -0.343 e. The lowest BCUT2D eigenvalue weighted by Gasteiger charge is -2.34. The van der Waals surface area contributed by atoms with Gasteiger partial charge in [0.15, 0.2) is 0 Å². The van der Waals surface area contributed by atoms with E-state index in [0.717, 1.165) is 0 Å². The third kappa shape index (κ3) is 3.56. The van der Waals surface area contributed by atoms with E-state index in [-0.39, 0.29) is 23.8 Å². The number of carbonyl (C=O) groups excluding carboxylic acids is 2. The molecule has 21 heavy (non-hydrogen) atoms. The van der Waals surface area contributed by atoms with Gasteiger partial charge >= 0.3 is 0 Å². The second kappa shape index (κ2) is 6.65. The predicted molar refractivity (Wildman–Crippen MR) is 78.6 cm³/mol. The molecule has 1 aliphatic rings. The fourth-order valence-corrected chi connectivity index (χ4v) is 2.44. The summed E-state index contributed by atoms with van der Waals surface area (Å²) in [6, 6.07) is 0.205. The fourth-order valence-electron chi connectivity index (χ4n) is 2.44. The number of amides is 2. The van der Waals surface area contributed by atoms with Crippen LogP contribution in [0.4, 0.5) is 0 Å². The van der Waals surface area contributed by atoms with Gasteiger partial charge in [-0.15, -0.1) is 0 Å². The van der Waals surface area contributed by atoms with Crippen molar-refractivity contribution >= 4 is 11.8 Å². The van der Waals surface area contributed by atoms with E-state index in [9.17, 15) is 9.59 Å². The van der Waals surface area contributed by atoms with Gasteiger partial charge in [-0.2, -0.15) is 0 Å². The molecular formula is C15H22N4O2. The van der Waals surface area contributed by atoms with Gasteiger partial charge in [0, 0.05) is 44.5 Å². The number of hydrogen-bond donors (Lipinski definition) is 0. The van der Waals surface area contributed by atoms with E-state index in [1.54, 1.807) is 16.0 Å². The normalized spacial score (nSPS) is 16.1. The summed E-state index contributed by atoms with van der Waals surface area (Å²) in [5.74, 6) is 0.0890. The van der Waals surface area contributed by atoms with E-state index in [1.165, 1.54) is 12.4 Å². The average Bonchev–Trinajstić information content (AvgIpc) is 2.53. The number of likely N-dealkylation sites (tertiary alicyclic amines) is 1. The van der Waals surface area contributed by atoms with Crippen LogP contribution in [0.3, 0.4) is 0 Å². The van der Waals surface area contributed by atoms with E-state index in [4.69, 9.17) is 0 Å². The van der Waals surface area contributed by atoms with Crippen molar-refractivity contribution < 1.29 is 9.59 Å². The molecule has 2 amide bonds. The maximum atomic E-state index is 12.3. The summed E-state index contributed by atoms with van der Waals surface area (Å²) in [7, 11) is 1.84. The van der Waals surface area contributed by atoms with Gasteiger partial charge in [-0.1, -0.05) is 0 Å². The molecule has 0 N–H and O–H groups in total. The SMILES string of the molecule is CC(C)N(C)C(=O)C1CCN(C(=O)c2cnccn2)CC1. The molecule has 0 radical (unpaired) electrons. The Kier molecular flexibility index (Phi) is 4.88. The first kappa shape index (κ1) is 15.4. The smallest absolute Gasteiger partial charge is 0.274 e. The highest BCUT2D eigenvalue weighted by molar-refractivity contribution is 5.92. The van der Waals surface area contributed by atoms with Gasteiger partial charge in [0.05, 0.1) is 6.20 Å². The average molecular weight is 290 g/mol. The minimum atomic E-state index is -0.105. The zero-order chi connectivity index (χ0) is 15.4. The summed E-state index contributed by atoms with van der Waals surface area (Å²) in [5, 5.41) is 0. The van der Waals surface area contributed by atoms with Crippen molar-refractivity contribution in [3.63, 3.8) is 0 Å². The van der Waals surface area contributed by atoms with Crippen LogP contribution in [0.15, 0.2) is 18.6 Å². The zero-order valence-electron chi connectivity index (χ0n) is 12.8. The summed E-state index contributed by atoms with van der Waals surface area (Å²) in [6.45, 7) is 5.20. The molecule has 0 bridgehead atoms.